The fourth-order valence-electron chi connectivity index (χ4n) is 3.44. The summed E-state index contributed by atoms with van der Waals surface area (Å²) in [5, 5.41) is -0.109. The molecule has 7 heteroatoms. The fourth-order valence-corrected chi connectivity index (χ4v) is 4.65. The molecule has 0 N–H and O–H groups in total. The molecule has 1 atom stereocenters. The standard InChI is InChI=1S/C19H26FN3O2S/c1-14(2)18(25)22-9-6-21(7-10-22)8-11-23-17(24)13-26-19(23)15-4-3-5-16(20)12-15/h3-5,12,14,19H,6-11,13H2,1-2H3. The molecule has 1 aromatic carbocycles. The first-order chi connectivity index (χ1) is 12.5. The van der Waals surface area contributed by atoms with Crippen molar-refractivity contribution >= 4 is 23.6 Å². The van der Waals surface area contributed by atoms with Crippen molar-refractivity contribution in [2.45, 2.75) is 19.2 Å². The van der Waals surface area contributed by atoms with Crippen LogP contribution in [0.5, 0.6) is 0 Å². The summed E-state index contributed by atoms with van der Waals surface area (Å²) in [5.74, 6) is 0.527. The van der Waals surface area contributed by atoms with Crippen LogP contribution in [0.1, 0.15) is 24.8 Å². The van der Waals surface area contributed by atoms with E-state index in [0.717, 1.165) is 38.3 Å². The van der Waals surface area contributed by atoms with Crippen LogP contribution in [0.3, 0.4) is 0 Å². The van der Waals surface area contributed by atoms with Gasteiger partial charge in [-0.15, -0.1) is 11.8 Å². The highest BCUT2D eigenvalue weighted by Crippen LogP contribution is 2.38. The third-order valence-corrected chi connectivity index (χ3v) is 6.19. The molecule has 26 heavy (non-hydrogen) atoms. The summed E-state index contributed by atoms with van der Waals surface area (Å²) in [6, 6.07) is 6.51. The quantitative estimate of drug-likeness (QED) is 0.787. The van der Waals surface area contributed by atoms with E-state index in [1.807, 2.05) is 29.7 Å². The van der Waals surface area contributed by atoms with E-state index in [1.165, 1.54) is 12.1 Å². The van der Waals surface area contributed by atoms with E-state index in [4.69, 9.17) is 0 Å². The molecule has 0 bridgehead atoms. The average molecular weight is 380 g/mol. The lowest BCUT2D eigenvalue weighted by molar-refractivity contribution is -0.136. The topological polar surface area (TPSA) is 43.9 Å². The van der Waals surface area contributed by atoms with Gasteiger partial charge in [0.25, 0.3) is 0 Å². The second kappa shape index (κ2) is 8.39. The van der Waals surface area contributed by atoms with E-state index in [0.29, 0.717) is 12.3 Å². The minimum Gasteiger partial charge on any atom is -0.340 e. The van der Waals surface area contributed by atoms with E-state index in [2.05, 4.69) is 4.90 Å². The van der Waals surface area contributed by atoms with Crippen LogP contribution in [0.15, 0.2) is 24.3 Å². The van der Waals surface area contributed by atoms with Crippen LogP contribution in [0.4, 0.5) is 4.39 Å². The zero-order valence-electron chi connectivity index (χ0n) is 15.4. The van der Waals surface area contributed by atoms with Crippen LogP contribution in [-0.4, -0.2) is 71.5 Å². The number of benzene rings is 1. The predicted octanol–water partition coefficient (Wildman–Crippen LogP) is 2.20. The normalized spacial score (nSPS) is 21.7. The minimum absolute atomic E-state index is 0.0350. The molecule has 2 aliphatic rings. The zero-order valence-corrected chi connectivity index (χ0v) is 16.2. The van der Waals surface area contributed by atoms with Gasteiger partial charge in [-0.3, -0.25) is 14.5 Å². The Hall–Kier alpha value is -1.60. The molecule has 5 nitrogen and oxygen atoms in total. The monoisotopic (exact) mass is 379 g/mol. The molecule has 2 saturated heterocycles. The Morgan fingerprint density at radius 1 is 1.23 bits per heavy atom. The van der Waals surface area contributed by atoms with Gasteiger partial charge >= 0.3 is 0 Å². The maximum Gasteiger partial charge on any atom is 0.233 e. The molecule has 2 heterocycles. The highest BCUT2D eigenvalue weighted by atomic mass is 32.2. The van der Waals surface area contributed by atoms with Gasteiger partial charge in [0.1, 0.15) is 11.2 Å². The van der Waals surface area contributed by atoms with Crippen molar-refractivity contribution in [1.82, 2.24) is 14.7 Å². The first-order valence-corrected chi connectivity index (χ1v) is 10.2. The second-order valence-electron chi connectivity index (χ2n) is 7.13. The maximum atomic E-state index is 13.5. The van der Waals surface area contributed by atoms with Crippen LogP contribution < -0.4 is 0 Å². The molecular weight excluding hydrogens is 353 g/mol. The lowest BCUT2D eigenvalue weighted by Gasteiger charge is -2.36. The number of piperazine rings is 1. The van der Waals surface area contributed by atoms with Crippen molar-refractivity contribution < 1.29 is 14.0 Å². The van der Waals surface area contributed by atoms with Gasteiger partial charge in [0.2, 0.25) is 11.8 Å². The highest BCUT2D eigenvalue weighted by molar-refractivity contribution is 8.00. The molecule has 0 spiro atoms. The second-order valence-corrected chi connectivity index (χ2v) is 8.20. The van der Waals surface area contributed by atoms with E-state index >= 15 is 0 Å². The summed E-state index contributed by atoms with van der Waals surface area (Å²) in [6.07, 6.45) is 0. The van der Waals surface area contributed by atoms with Crippen molar-refractivity contribution in [2.75, 3.05) is 45.0 Å². The number of thioether (sulfide) groups is 1. The Bertz CT molecular complexity index is 662. The molecule has 0 aromatic heterocycles. The third kappa shape index (κ3) is 4.38. The van der Waals surface area contributed by atoms with Crippen molar-refractivity contribution in [3.8, 4) is 0 Å². The smallest absolute Gasteiger partial charge is 0.233 e. The molecule has 1 unspecified atom stereocenters. The number of hydrogen-bond acceptors (Lipinski definition) is 4. The van der Waals surface area contributed by atoms with Gasteiger partial charge in [0.05, 0.1) is 5.75 Å². The largest absolute Gasteiger partial charge is 0.340 e. The lowest BCUT2D eigenvalue weighted by Crippen LogP contribution is -2.51. The molecule has 0 aliphatic carbocycles. The molecule has 2 fully saturated rings. The number of nitrogens with zero attached hydrogens (tertiary/aromatic N) is 3. The minimum atomic E-state index is -0.270. The molecule has 0 radical (unpaired) electrons. The van der Waals surface area contributed by atoms with Gasteiger partial charge in [-0.05, 0) is 17.7 Å². The zero-order chi connectivity index (χ0) is 18.7. The Morgan fingerprint density at radius 3 is 2.62 bits per heavy atom. The van der Waals surface area contributed by atoms with Crippen LogP contribution >= 0.6 is 11.8 Å². The van der Waals surface area contributed by atoms with Crippen molar-refractivity contribution in [2.24, 2.45) is 5.92 Å². The summed E-state index contributed by atoms with van der Waals surface area (Å²) in [6.45, 7) is 8.42. The summed E-state index contributed by atoms with van der Waals surface area (Å²) >= 11 is 1.55. The lowest BCUT2D eigenvalue weighted by atomic mass is 10.1. The fraction of sp³-hybridized carbons (Fsp3) is 0.579. The van der Waals surface area contributed by atoms with Crippen LogP contribution in [-0.2, 0) is 9.59 Å². The van der Waals surface area contributed by atoms with E-state index in [1.54, 1.807) is 17.8 Å². The van der Waals surface area contributed by atoms with Gasteiger partial charge < -0.3 is 9.80 Å². The highest BCUT2D eigenvalue weighted by Gasteiger charge is 2.33. The third-order valence-electron chi connectivity index (χ3n) is 4.94. The molecular formula is C19H26FN3O2S. The van der Waals surface area contributed by atoms with Crippen LogP contribution in [0.25, 0.3) is 0 Å². The average Bonchev–Trinajstić information content (AvgIpc) is 3.00. The predicted molar refractivity (Wildman–Crippen MR) is 101 cm³/mol. The molecule has 142 valence electrons. The first kappa shape index (κ1) is 19.2. The number of rotatable bonds is 5. The summed E-state index contributed by atoms with van der Waals surface area (Å²) in [7, 11) is 0. The first-order valence-electron chi connectivity index (χ1n) is 9.13. The van der Waals surface area contributed by atoms with Gasteiger partial charge in [0, 0.05) is 45.2 Å². The Morgan fingerprint density at radius 2 is 1.96 bits per heavy atom. The summed E-state index contributed by atoms with van der Waals surface area (Å²) in [4.78, 5) is 30.4. The number of halogens is 1. The maximum absolute atomic E-state index is 13.5. The van der Waals surface area contributed by atoms with E-state index in [9.17, 15) is 14.0 Å². The molecule has 2 amide bonds. The van der Waals surface area contributed by atoms with Crippen molar-refractivity contribution in [3.05, 3.63) is 35.6 Å². The number of hydrogen-bond donors (Lipinski definition) is 0. The SMILES string of the molecule is CC(C)C(=O)N1CCN(CCN2C(=O)CSC2c2cccc(F)c2)CC1. The molecule has 3 rings (SSSR count). The van der Waals surface area contributed by atoms with E-state index in [-0.39, 0.29) is 28.9 Å². The van der Waals surface area contributed by atoms with Crippen LogP contribution in [0, 0.1) is 11.7 Å². The van der Waals surface area contributed by atoms with Gasteiger partial charge in [-0.2, -0.15) is 0 Å². The Balaban J connectivity index is 1.54. The summed E-state index contributed by atoms with van der Waals surface area (Å²) in [5.41, 5.74) is 0.841. The number of amides is 2. The molecule has 1 aromatic rings. The van der Waals surface area contributed by atoms with Gasteiger partial charge in [0.15, 0.2) is 0 Å². The number of carbonyl (C=O) groups excluding carboxylic acids is 2. The molecule has 2 aliphatic heterocycles. The summed E-state index contributed by atoms with van der Waals surface area (Å²) < 4.78 is 13.5. The van der Waals surface area contributed by atoms with E-state index < -0.39 is 0 Å². The van der Waals surface area contributed by atoms with Gasteiger partial charge in [-0.25, -0.2) is 4.39 Å². The van der Waals surface area contributed by atoms with Crippen LogP contribution in [0.2, 0.25) is 0 Å². The Labute approximate surface area is 158 Å². The molecule has 0 saturated carbocycles. The van der Waals surface area contributed by atoms with Crippen molar-refractivity contribution in [3.63, 3.8) is 0 Å². The van der Waals surface area contributed by atoms with Crippen molar-refractivity contribution in [1.29, 1.82) is 0 Å². The van der Waals surface area contributed by atoms with Gasteiger partial charge in [-0.1, -0.05) is 26.0 Å². The number of carbonyl (C=O) groups is 2. The Kier molecular flexibility index (Phi) is 6.19.